The van der Waals surface area contributed by atoms with Gasteiger partial charge in [-0.2, -0.15) is 10.1 Å². The van der Waals surface area contributed by atoms with Gasteiger partial charge in [0.25, 0.3) is 11.8 Å². The minimum atomic E-state index is -0.251. The van der Waals surface area contributed by atoms with Gasteiger partial charge in [0.1, 0.15) is 11.5 Å². The first-order valence-electron chi connectivity index (χ1n) is 9.68. The maximum atomic E-state index is 12.9. The first kappa shape index (κ1) is 17.5. The van der Waals surface area contributed by atoms with Crippen LogP contribution in [0.2, 0.25) is 10.0 Å². The van der Waals surface area contributed by atoms with Crippen molar-refractivity contribution in [3.63, 3.8) is 0 Å². The summed E-state index contributed by atoms with van der Waals surface area (Å²) in [6, 6.07) is 8.64. The highest BCUT2D eigenvalue weighted by Crippen LogP contribution is 2.65. The molecule has 2 saturated carbocycles. The topological polar surface area (TPSA) is 62.9 Å². The van der Waals surface area contributed by atoms with Crippen LogP contribution < -0.4 is 0 Å². The Morgan fingerprint density at radius 2 is 1.69 bits per heavy atom. The van der Waals surface area contributed by atoms with Crippen molar-refractivity contribution in [1.29, 1.82) is 0 Å². The second kappa shape index (κ2) is 6.07. The highest BCUT2D eigenvalue weighted by Gasteiger charge is 2.67. The third-order valence-corrected chi connectivity index (χ3v) is 7.31. The molecule has 2 amide bonds. The Kier molecular flexibility index (Phi) is 3.66. The number of carbonyl (C=O) groups is 2. The van der Waals surface area contributed by atoms with Gasteiger partial charge in [0.15, 0.2) is 0 Å². The lowest BCUT2D eigenvalue weighted by atomic mass is 9.63. The molecule has 0 spiro atoms. The molecule has 4 aliphatic carbocycles. The number of amides is 2. The van der Waals surface area contributed by atoms with E-state index in [1.54, 1.807) is 30.3 Å². The van der Waals surface area contributed by atoms with Gasteiger partial charge in [-0.1, -0.05) is 35.4 Å². The zero-order valence-electron chi connectivity index (χ0n) is 15.2. The van der Waals surface area contributed by atoms with Crippen molar-refractivity contribution in [2.24, 2.45) is 40.6 Å². The largest absolute Gasteiger partial charge is 0.455 e. The second-order valence-corrected chi connectivity index (χ2v) is 9.06. The average Bonchev–Trinajstić information content (AvgIpc) is 3.34. The van der Waals surface area contributed by atoms with Gasteiger partial charge >= 0.3 is 0 Å². The minimum Gasteiger partial charge on any atom is -0.455 e. The molecule has 3 fully saturated rings. The van der Waals surface area contributed by atoms with Crippen molar-refractivity contribution in [1.82, 2.24) is 5.01 Å². The SMILES string of the molecule is O=C1[C@@H]2[C@H]3C=C[C@@H]([C@@H]4C[C@H]34)[C@@H]2C(=O)N1/N=C\c1ccc(-c2ccc(Cl)cc2Cl)o1. The molecule has 29 heavy (non-hydrogen) atoms. The Bertz CT molecular complexity index is 1090. The van der Waals surface area contributed by atoms with Crippen LogP contribution in [0.5, 0.6) is 0 Å². The summed E-state index contributed by atoms with van der Waals surface area (Å²) < 4.78 is 5.78. The van der Waals surface area contributed by atoms with Gasteiger partial charge in [0.2, 0.25) is 0 Å². The highest BCUT2D eigenvalue weighted by atomic mass is 35.5. The van der Waals surface area contributed by atoms with Crippen molar-refractivity contribution in [3.05, 3.63) is 58.3 Å². The van der Waals surface area contributed by atoms with Crippen LogP contribution in [0.1, 0.15) is 12.2 Å². The van der Waals surface area contributed by atoms with E-state index in [1.807, 2.05) is 0 Å². The minimum absolute atomic E-state index is 0.187. The number of halogens is 2. The third-order valence-electron chi connectivity index (χ3n) is 6.76. The van der Waals surface area contributed by atoms with E-state index in [4.69, 9.17) is 27.6 Å². The maximum Gasteiger partial charge on any atom is 0.254 e. The molecule has 5 aliphatic rings. The smallest absolute Gasteiger partial charge is 0.254 e. The molecular weight excluding hydrogens is 411 g/mol. The molecule has 0 radical (unpaired) electrons. The van der Waals surface area contributed by atoms with Crippen molar-refractivity contribution >= 4 is 41.2 Å². The fraction of sp³-hybridized carbons (Fsp3) is 0.318. The number of furan rings is 1. The fourth-order valence-electron chi connectivity index (χ4n) is 5.43. The number of allylic oxidation sites excluding steroid dienone is 2. The van der Waals surface area contributed by atoms with Crippen molar-refractivity contribution in [3.8, 4) is 11.3 Å². The molecule has 2 bridgehead atoms. The monoisotopic (exact) mass is 426 g/mol. The fourth-order valence-corrected chi connectivity index (χ4v) is 5.93. The number of rotatable bonds is 3. The van der Waals surface area contributed by atoms with E-state index in [0.29, 0.717) is 39.0 Å². The van der Waals surface area contributed by atoms with Crippen molar-refractivity contribution in [2.75, 3.05) is 0 Å². The van der Waals surface area contributed by atoms with E-state index in [9.17, 15) is 9.59 Å². The van der Waals surface area contributed by atoms with Crippen LogP contribution in [0.4, 0.5) is 0 Å². The molecule has 146 valence electrons. The van der Waals surface area contributed by atoms with Crippen LogP contribution in [0.15, 0.2) is 52.0 Å². The van der Waals surface area contributed by atoms with Crippen LogP contribution in [0.3, 0.4) is 0 Å². The molecular formula is C22H16Cl2N2O3. The molecule has 1 aromatic carbocycles. The van der Waals surface area contributed by atoms with Crippen LogP contribution in [-0.2, 0) is 9.59 Å². The second-order valence-electron chi connectivity index (χ2n) is 8.21. The van der Waals surface area contributed by atoms with E-state index in [1.165, 1.54) is 6.21 Å². The van der Waals surface area contributed by atoms with Gasteiger partial charge in [-0.3, -0.25) is 9.59 Å². The summed E-state index contributed by atoms with van der Waals surface area (Å²) in [4.78, 5) is 25.9. The third kappa shape index (κ3) is 2.50. The first-order valence-corrected chi connectivity index (χ1v) is 10.4. The van der Waals surface area contributed by atoms with Gasteiger partial charge in [-0.25, -0.2) is 0 Å². The summed E-state index contributed by atoms with van der Waals surface area (Å²) in [5, 5.41) is 6.26. The average molecular weight is 427 g/mol. The van der Waals surface area contributed by atoms with E-state index >= 15 is 0 Å². The van der Waals surface area contributed by atoms with Crippen LogP contribution in [-0.4, -0.2) is 23.0 Å². The number of carbonyl (C=O) groups excluding carboxylic acids is 2. The Hall–Kier alpha value is -2.37. The molecule has 6 atom stereocenters. The number of hydrogen-bond donors (Lipinski definition) is 0. The van der Waals surface area contributed by atoms with Gasteiger partial charge < -0.3 is 4.42 Å². The molecule has 7 rings (SSSR count). The molecule has 2 heterocycles. The van der Waals surface area contributed by atoms with Gasteiger partial charge in [0.05, 0.1) is 23.1 Å². The summed E-state index contributed by atoms with van der Waals surface area (Å²) >= 11 is 12.2. The Morgan fingerprint density at radius 1 is 1.00 bits per heavy atom. The highest BCUT2D eigenvalue weighted by molar-refractivity contribution is 6.36. The first-order chi connectivity index (χ1) is 14.0. The zero-order chi connectivity index (χ0) is 19.9. The molecule has 5 nitrogen and oxygen atoms in total. The Labute approximate surface area is 177 Å². The van der Waals surface area contributed by atoms with E-state index in [2.05, 4.69) is 17.3 Å². The Balaban J connectivity index is 1.25. The van der Waals surface area contributed by atoms with Crippen molar-refractivity contribution < 1.29 is 14.0 Å². The number of hydrogen-bond acceptors (Lipinski definition) is 4. The van der Waals surface area contributed by atoms with Gasteiger partial charge in [0, 0.05) is 10.6 Å². The summed E-state index contributed by atoms with van der Waals surface area (Å²) in [6.07, 6.45) is 6.85. The van der Waals surface area contributed by atoms with Crippen LogP contribution >= 0.6 is 23.2 Å². The molecule has 0 N–H and O–H groups in total. The molecule has 1 aromatic heterocycles. The standard InChI is InChI=1S/C22H16Cl2N2O3/c23-10-1-3-14(17(24)7-10)18-6-2-11(29-18)9-25-26-21(27)19-12-4-5-13(16-8-15(12)16)20(19)22(26)28/h1-7,9,12-13,15-16,19-20H,8H2/b25-9-/t12-,13-,15-,16+,19-,20+/m0/s1. The summed E-state index contributed by atoms with van der Waals surface area (Å²) in [5.74, 6) is 1.64. The van der Waals surface area contributed by atoms with Gasteiger partial charge in [-0.05, 0) is 60.4 Å². The maximum absolute atomic E-state index is 12.9. The predicted molar refractivity (Wildman–Crippen MR) is 108 cm³/mol. The quantitative estimate of drug-likeness (QED) is 0.407. The summed E-state index contributed by atoms with van der Waals surface area (Å²) in [7, 11) is 0. The number of benzene rings is 1. The molecule has 1 saturated heterocycles. The summed E-state index contributed by atoms with van der Waals surface area (Å²) in [5.41, 5.74) is 0.705. The normalized spacial score (nSPS) is 34.2. The Morgan fingerprint density at radius 3 is 2.34 bits per heavy atom. The lowest BCUT2D eigenvalue weighted by Gasteiger charge is -2.37. The lowest BCUT2D eigenvalue weighted by Crippen LogP contribution is -2.40. The van der Waals surface area contributed by atoms with Crippen LogP contribution in [0.25, 0.3) is 11.3 Å². The predicted octanol–water partition coefficient (Wildman–Crippen LogP) is 4.64. The number of imide groups is 1. The zero-order valence-corrected chi connectivity index (χ0v) is 16.7. The summed E-state index contributed by atoms with van der Waals surface area (Å²) in [6.45, 7) is 0. The van der Waals surface area contributed by atoms with E-state index in [0.717, 1.165) is 11.4 Å². The van der Waals surface area contributed by atoms with Crippen LogP contribution in [0, 0.1) is 35.5 Å². The lowest BCUT2D eigenvalue weighted by molar-refractivity contribution is -0.140. The van der Waals surface area contributed by atoms with E-state index in [-0.39, 0.29) is 35.5 Å². The van der Waals surface area contributed by atoms with E-state index < -0.39 is 0 Å². The molecule has 1 aliphatic heterocycles. The molecule has 2 aromatic rings. The number of nitrogens with zero attached hydrogens (tertiary/aromatic N) is 2. The van der Waals surface area contributed by atoms with Crippen molar-refractivity contribution in [2.45, 2.75) is 6.42 Å². The molecule has 0 unspecified atom stereocenters. The van der Waals surface area contributed by atoms with Gasteiger partial charge in [-0.15, -0.1) is 0 Å². The molecule has 7 heteroatoms. The number of hydrazone groups is 1.